The summed E-state index contributed by atoms with van der Waals surface area (Å²) in [4.78, 5) is 2.69. The highest BCUT2D eigenvalue weighted by Gasteiger charge is 2.07. The zero-order chi connectivity index (χ0) is 13.2. The van der Waals surface area contributed by atoms with Crippen molar-refractivity contribution in [3.05, 3.63) is 52.4 Å². The summed E-state index contributed by atoms with van der Waals surface area (Å²) >= 11 is 1.62. The summed E-state index contributed by atoms with van der Waals surface area (Å²) < 4.78 is 0. The largest absolute Gasteiger partial charge is 0.214 e. The minimum Gasteiger partial charge on any atom is -0.159 e. The minimum atomic E-state index is 0.654. The molecule has 2 aromatic heterocycles. The van der Waals surface area contributed by atoms with E-state index in [1.807, 2.05) is 17.5 Å². The maximum Gasteiger partial charge on any atom is 0.214 e. The highest BCUT2D eigenvalue weighted by atomic mass is 32.1. The maximum absolute atomic E-state index is 4.41. The summed E-state index contributed by atoms with van der Waals surface area (Å²) in [5.74, 6) is 0.694. The van der Waals surface area contributed by atoms with Crippen LogP contribution in [-0.2, 0) is 6.54 Å². The Morgan fingerprint density at radius 2 is 1.95 bits per heavy atom. The van der Waals surface area contributed by atoms with Crippen molar-refractivity contribution in [1.29, 1.82) is 0 Å². The molecule has 0 saturated heterocycles. The van der Waals surface area contributed by atoms with Gasteiger partial charge < -0.3 is 0 Å². The van der Waals surface area contributed by atoms with Crippen molar-refractivity contribution in [3.8, 4) is 10.7 Å². The van der Waals surface area contributed by atoms with E-state index >= 15 is 0 Å². The summed E-state index contributed by atoms with van der Waals surface area (Å²) in [5, 5.41) is 14.6. The van der Waals surface area contributed by atoms with Crippen molar-refractivity contribution < 1.29 is 0 Å². The van der Waals surface area contributed by atoms with Gasteiger partial charge in [-0.1, -0.05) is 35.4 Å². The van der Waals surface area contributed by atoms with Crippen molar-refractivity contribution >= 4 is 11.3 Å². The molecule has 1 aromatic carbocycles. The number of hydrogen-bond acceptors (Lipinski definition) is 4. The van der Waals surface area contributed by atoms with Crippen LogP contribution in [0.25, 0.3) is 10.7 Å². The lowest BCUT2D eigenvalue weighted by Gasteiger charge is -2.03. The molecule has 3 aromatic rings. The summed E-state index contributed by atoms with van der Waals surface area (Å²) in [7, 11) is 0. The van der Waals surface area contributed by atoms with Crippen LogP contribution in [0.2, 0.25) is 0 Å². The normalized spacial score (nSPS) is 10.8. The quantitative estimate of drug-likeness (QED) is 0.734. The molecule has 0 atom stereocenters. The first-order valence-electron chi connectivity index (χ1n) is 6.09. The first-order chi connectivity index (χ1) is 9.20. The van der Waals surface area contributed by atoms with E-state index in [9.17, 15) is 0 Å². The lowest BCUT2D eigenvalue weighted by Crippen LogP contribution is -2.04. The Bertz CT molecular complexity index is 665. The van der Waals surface area contributed by atoms with Crippen molar-refractivity contribution in [2.45, 2.75) is 20.4 Å². The Balaban J connectivity index is 1.84. The molecule has 4 nitrogen and oxygen atoms in total. The van der Waals surface area contributed by atoms with Gasteiger partial charge in [-0.2, -0.15) is 4.80 Å². The molecule has 0 unspecified atom stereocenters. The van der Waals surface area contributed by atoms with Gasteiger partial charge in [-0.3, -0.25) is 0 Å². The molecule has 0 N–H and O–H groups in total. The van der Waals surface area contributed by atoms with Crippen LogP contribution in [-0.4, -0.2) is 20.2 Å². The van der Waals surface area contributed by atoms with E-state index in [1.165, 1.54) is 16.7 Å². The molecule has 3 rings (SSSR count). The maximum atomic E-state index is 4.41. The Labute approximate surface area is 115 Å². The summed E-state index contributed by atoms with van der Waals surface area (Å²) in [5.41, 5.74) is 3.72. The van der Waals surface area contributed by atoms with Crippen LogP contribution in [0.5, 0.6) is 0 Å². The monoisotopic (exact) mass is 270 g/mol. The van der Waals surface area contributed by atoms with Gasteiger partial charge in [0.15, 0.2) is 0 Å². The summed E-state index contributed by atoms with van der Waals surface area (Å²) in [6, 6.07) is 10.5. The number of benzene rings is 1. The van der Waals surface area contributed by atoms with Crippen molar-refractivity contribution in [1.82, 2.24) is 20.2 Å². The molecule has 0 fully saturated rings. The average molecular weight is 270 g/mol. The fourth-order valence-electron chi connectivity index (χ4n) is 2.14. The van der Waals surface area contributed by atoms with Gasteiger partial charge in [0, 0.05) is 0 Å². The van der Waals surface area contributed by atoms with Crippen LogP contribution < -0.4 is 0 Å². The molecule has 0 spiro atoms. The highest BCUT2D eigenvalue weighted by Crippen LogP contribution is 2.19. The van der Waals surface area contributed by atoms with Crippen molar-refractivity contribution in [2.24, 2.45) is 0 Å². The van der Waals surface area contributed by atoms with Gasteiger partial charge in [-0.05, 0) is 36.1 Å². The van der Waals surface area contributed by atoms with E-state index in [1.54, 1.807) is 16.1 Å². The second-order valence-electron chi connectivity index (χ2n) is 4.62. The second-order valence-corrected chi connectivity index (χ2v) is 5.56. The lowest BCUT2D eigenvalue weighted by molar-refractivity contribution is 0.572. The van der Waals surface area contributed by atoms with Crippen LogP contribution in [0.15, 0.2) is 35.7 Å². The molecule has 0 aliphatic rings. The topological polar surface area (TPSA) is 43.6 Å². The zero-order valence-electron chi connectivity index (χ0n) is 10.9. The summed E-state index contributed by atoms with van der Waals surface area (Å²) in [6.45, 7) is 4.85. The molecule has 0 radical (unpaired) electrons. The van der Waals surface area contributed by atoms with E-state index in [0.717, 1.165) is 4.88 Å². The van der Waals surface area contributed by atoms with Crippen LogP contribution in [0.3, 0.4) is 0 Å². The van der Waals surface area contributed by atoms with Gasteiger partial charge in [0.05, 0.1) is 11.4 Å². The second kappa shape index (κ2) is 4.93. The molecule has 0 saturated carbocycles. The molecular weight excluding hydrogens is 256 g/mol. The predicted molar refractivity (Wildman–Crippen MR) is 76.1 cm³/mol. The molecular formula is C14H14N4S. The third-order valence-corrected chi connectivity index (χ3v) is 3.67. The number of tetrazole rings is 1. The van der Waals surface area contributed by atoms with E-state index in [0.29, 0.717) is 12.4 Å². The smallest absolute Gasteiger partial charge is 0.159 e. The third kappa shape index (κ3) is 2.71. The van der Waals surface area contributed by atoms with E-state index < -0.39 is 0 Å². The summed E-state index contributed by atoms with van der Waals surface area (Å²) in [6.07, 6.45) is 0. The molecule has 5 heteroatoms. The Kier molecular flexibility index (Phi) is 3.13. The van der Waals surface area contributed by atoms with Gasteiger partial charge in [0.1, 0.15) is 0 Å². The van der Waals surface area contributed by atoms with Gasteiger partial charge in [0.2, 0.25) is 5.82 Å². The Hall–Kier alpha value is -2.01. The van der Waals surface area contributed by atoms with Gasteiger partial charge in [0.25, 0.3) is 0 Å². The Morgan fingerprint density at radius 3 is 2.63 bits per heavy atom. The number of hydrogen-bond donors (Lipinski definition) is 0. The molecule has 2 heterocycles. The molecule has 19 heavy (non-hydrogen) atoms. The van der Waals surface area contributed by atoms with Crippen LogP contribution in [0, 0.1) is 13.8 Å². The number of aryl methyl sites for hydroxylation is 2. The van der Waals surface area contributed by atoms with Crippen LogP contribution in [0.1, 0.15) is 16.7 Å². The first-order valence-corrected chi connectivity index (χ1v) is 6.97. The highest BCUT2D eigenvalue weighted by molar-refractivity contribution is 7.13. The molecule has 96 valence electrons. The van der Waals surface area contributed by atoms with E-state index in [2.05, 4.69) is 47.5 Å². The number of nitrogens with zero attached hydrogens (tertiary/aromatic N) is 4. The number of rotatable bonds is 3. The zero-order valence-corrected chi connectivity index (χ0v) is 11.7. The van der Waals surface area contributed by atoms with Crippen molar-refractivity contribution in [2.75, 3.05) is 0 Å². The fourth-order valence-corrected chi connectivity index (χ4v) is 2.79. The predicted octanol–water partition coefficient (Wildman–Crippen LogP) is 3.07. The van der Waals surface area contributed by atoms with Gasteiger partial charge in [-0.25, -0.2) is 0 Å². The van der Waals surface area contributed by atoms with Gasteiger partial charge >= 0.3 is 0 Å². The lowest BCUT2D eigenvalue weighted by atomic mass is 10.1. The molecule has 0 aliphatic carbocycles. The number of thiophene rings is 1. The number of aromatic nitrogens is 4. The Morgan fingerprint density at radius 1 is 1.16 bits per heavy atom. The van der Waals surface area contributed by atoms with Crippen LogP contribution in [0.4, 0.5) is 0 Å². The SMILES string of the molecule is Cc1cc(C)cc(Cn2nnc(-c3cccs3)n2)c1. The van der Waals surface area contributed by atoms with Gasteiger partial charge in [-0.15, -0.1) is 21.5 Å². The van der Waals surface area contributed by atoms with Crippen LogP contribution >= 0.6 is 11.3 Å². The first kappa shape index (κ1) is 12.0. The minimum absolute atomic E-state index is 0.654. The van der Waals surface area contributed by atoms with E-state index in [-0.39, 0.29) is 0 Å². The standard InChI is InChI=1S/C14H14N4S/c1-10-6-11(2)8-12(7-10)9-18-16-14(15-17-18)13-4-3-5-19-13/h3-8H,9H2,1-2H3. The average Bonchev–Trinajstić information content (AvgIpc) is 2.96. The molecule has 0 amide bonds. The molecule has 0 bridgehead atoms. The van der Waals surface area contributed by atoms with E-state index in [4.69, 9.17) is 0 Å². The molecule has 0 aliphatic heterocycles. The van der Waals surface area contributed by atoms with Crippen molar-refractivity contribution in [3.63, 3.8) is 0 Å². The third-order valence-electron chi connectivity index (χ3n) is 2.80. The fraction of sp³-hybridized carbons (Fsp3) is 0.214.